The summed E-state index contributed by atoms with van der Waals surface area (Å²) in [6, 6.07) is 0. The van der Waals surface area contributed by atoms with Gasteiger partial charge in [0.25, 0.3) is 0 Å². The number of nitrogens with zero attached hydrogens (tertiary/aromatic N) is 1. The highest BCUT2D eigenvalue weighted by Crippen LogP contribution is 2.23. The van der Waals surface area contributed by atoms with E-state index in [1.54, 1.807) is 7.11 Å². The highest BCUT2D eigenvalue weighted by molar-refractivity contribution is 6.27. The monoisotopic (exact) mass is 205 g/mol. The third kappa shape index (κ3) is 2.58. The Bertz CT molecular complexity index is 186. The highest BCUT2D eigenvalue weighted by Gasteiger charge is 2.31. The third-order valence-corrected chi connectivity index (χ3v) is 2.84. The molecule has 4 heteroatoms. The number of ether oxygens (including phenoxy) is 1. The molecule has 0 saturated carbocycles. The molecule has 2 atom stereocenters. The Balaban J connectivity index is 2.44. The van der Waals surface area contributed by atoms with Crippen molar-refractivity contribution in [3.63, 3.8) is 0 Å². The first-order valence-corrected chi connectivity index (χ1v) is 5.05. The van der Waals surface area contributed by atoms with E-state index in [0.717, 1.165) is 19.7 Å². The van der Waals surface area contributed by atoms with Crippen LogP contribution in [-0.2, 0) is 9.53 Å². The summed E-state index contributed by atoms with van der Waals surface area (Å²) in [5, 5.41) is 0. The van der Waals surface area contributed by atoms with Crippen LogP contribution in [0.4, 0.5) is 0 Å². The number of methoxy groups -OCH3 is 1. The Hall–Kier alpha value is -0.280. The zero-order chi connectivity index (χ0) is 9.84. The van der Waals surface area contributed by atoms with Gasteiger partial charge in [0.05, 0.1) is 6.61 Å². The van der Waals surface area contributed by atoms with Gasteiger partial charge in [0.2, 0.25) is 5.91 Å². The lowest BCUT2D eigenvalue weighted by atomic mass is 10.00. The Morgan fingerprint density at radius 1 is 1.62 bits per heavy atom. The van der Waals surface area contributed by atoms with Gasteiger partial charge in [-0.05, 0) is 5.92 Å². The lowest BCUT2D eigenvalue weighted by Gasteiger charge is -2.14. The fourth-order valence-electron chi connectivity index (χ4n) is 1.75. The normalized spacial score (nSPS) is 28.1. The van der Waals surface area contributed by atoms with Gasteiger partial charge in [-0.25, -0.2) is 0 Å². The van der Waals surface area contributed by atoms with E-state index in [9.17, 15) is 4.79 Å². The molecule has 0 bridgehead atoms. The lowest BCUT2D eigenvalue weighted by molar-refractivity contribution is -0.127. The Morgan fingerprint density at radius 3 is 2.85 bits per heavy atom. The number of amides is 1. The lowest BCUT2D eigenvalue weighted by Crippen LogP contribution is -2.30. The van der Waals surface area contributed by atoms with Crippen molar-refractivity contribution in [1.29, 1.82) is 0 Å². The van der Waals surface area contributed by atoms with Crippen LogP contribution in [0.25, 0.3) is 0 Å². The van der Waals surface area contributed by atoms with Crippen molar-refractivity contribution in [3.8, 4) is 0 Å². The van der Waals surface area contributed by atoms with Crippen LogP contribution in [0.1, 0.15) is 6.92 Å². The SMILES string of the molecule is COC[C@H]1CN(C(=O)CCl)C[C@@H]1C. The van der Waals surface area contributed by atoms with Crippen LogP contribution >= 0.6 is 11.6 Å². The molecule has 0 aromatic carbocycles. The van der Waals surface area contributed by atoms with Crippen LogP contribution in [0.5, 0.6) is 0 Å². The minimum atomic E-state index is 0.0344. The number of halogens is 1. The summed E-state index contributed by atoms with van der Waals surface area (Å²) in [5.41, 5.74) is 0. The largest absolute Gasteiger partial charge is 0.384 e. The van der Waals surface area contributed by atoms with E-state index in [4.69, 9.17) is 16.3 Å². The Labute approximate surface area is 84.0 Å². The van der Waals surface area contributed by atoms with Crippen LogP contribution < -0.4 is 0 Å². The topological polar surface area (TPSA) is 29.5 Å². The van der Waals surface area contributed by atoms with E-state index < -0.39 is 0 Å². The van der Waals surface area contributed by atoms with Gasteiger partial charge in [-0.15, -0.1) is 11.6 Å². The van der Waals surface area contributed by atoms with Crippen molar-refractivity contribution in [2.75, 3.05) is 32.7 Å². The number of likely N-dealkylation sites (tertiary alicyclic amines) is 1. The first-order chi connectivity index (χ1) is 6.19. The molecule has 1 amide bonds. The van der Waals surface area contributed by atoms with Crippen LogP contribution in [0.3, 0.4) is 0 Å². The standard InChI is InChI=1S/C9H16ClNO2/c1-7-4-11(9(12)3-10)5-8(7)6-13-2/h7-8H,3-6H2,1-2H3/t7-,8+/m0/s1. The van der Waals surface area contributed by atoms with Gasteiger partial charge in [-0.3, -0.25) is 4.79 Å². The second-order valence-electron chi connectivity index (χ2n) is 3.63. The van der Waals surface area contributed by atoms with Gasteiger partial charge in [0, 0.05) is 26.1 Å². The van der Waals surface area contributed by atoms with Crippen LogP contribution in [0.15, 0.2) is 0 Å². The highest BCUT2D eigenvalue weighted by atomic mass is 35.5. The van der Waals surface area contributed by atoms with Gasteiger partial charge < -0.3 is 9.64 Å². The van der Waals surface area contributed by atoms with Crippen molar-refractivity contribution < 1.29 is 9.53 Å². The average Bonchev–Trinajstić information content (AvgIpc) is 2.47. The van der Waals surface area contributed by atoms with E-state index in [1.165, 1.54) is 0 Å². The first kappa shape index (κ1) is 10.8. The fourth-order valence-corrected chi connectivity index (χ4v) is 1.92. The van der Waals surface area contributed by atoms with Crippen molar-refractivity contribution >= 4 is 17.5 Å². The van der Waals surface area contributed by atoms with Crippen LogP contribution in [0.2, 0.25) is 0 Å². The molecule has 0 aliphatic carbocycles. The van der Waals surface area contributed by atoms with E-state index >= 15 is 0 Å². The second kappa shape index (κ2) is 4.82. The molecule has 0 aromatic rings. The van der Waals surface area contributed by atoms with Crippen molar-refractivity contribution in [3.05, 3.63) is 0 Å². The average molecular weight is 206 g/mol. The molecule has 0 spiro atoms. The molecule has 13 heavy (non-hydrogen) atoms. The second-order valence-corrected chi connectivity index (χ2v) is 3.89. The molecule has 0 N–H and O–H groups in total. The van der Waals surface area contributed by atoms with Crippen molar-refractivity contribution in [2.45, 2.75) is 6.92 Å². The first-order valence-electron chi connectivity index (χ1n) is 4.51. The zero-order valence-corrected chi connectivity index (χ0v) is 8.88. The van der Waals surface area contributed by atoms with Gasteiger partial charge >= 0.3 is 0 Å². The van der Waals surface area contributed by atoms with Crippen molar-refractivity contribution in [1.82, 2.24) is 4.90 Å². The minimum absolute atomic E-state index is 0.0344. The molecule has 0 aromatic heterocycles. The summed E-state index contributed by atoms with van der Waals surface area (Å²) in [6.45, 7) is 4.48. The Kier molecular flexibility index (Phi) is 4.00. The van der Waals surface area contributed by atoms with Crippen LogP contribution in [0, 0.1) is 11.8 Å². The third-order valence-electron chi connectivity index (χ3n) is 2.62. The fraction of sp³-hybridized carbons (Fsp3) is 0.889. The maximum atomic E-state index is 11.3. The summed E-state index contributed by atoms with van der Waals surface area (Å²) in [4.78, 5) is 13.1. The molecule has 1 heterocycles. The number of carbonyl (C=O) groups excluding carboxylic acids is 1. The van der Waals surface area contributed by atoms with Gasteiger partial charge in [-0.1, -0.05) is 6.92 Å². The number of carbonyl (C=O) groups is 1. The van der Waals surface area contributed by atoms with E-state index in [0.29, 0.717) is 11.8 Å². The Morgan fingerprint density at radius 2 is 2.31 bits per heavy atom. The molecule has 1 rings (SSSR count). The van der Waals surface area contributed by atoms with Gasteiger partial charge in [0.15, 0.2) is 0 Å². The molecule has 1 aliphatic heterocycles. The molecular formula is C9H16ClNO2. The number of hydrogen-bond acceptors (Lipinski definition) is 2. The molecule has 1 aliphatic rings. The summed E-state index contributed by atoms with van der Waals surface area (Å²) in [7, 11) is 1.69. The maximum Gasteiger partial charge on any atom is 0.237 e. The smallest absolute Gasteiger partial charge is 0.237 e. The quantitative estimate of drug-likeness (QED) is 0.643. The number of alkyl halides is 1. The van der Waals surface area contributed by atoms with Gasteiger partial charge in [-0.2, -0.15) is 0 Å². The molecule has 3 nitrogen and oxygen atoms in total. The summed E-state index contributed by atoms with van der Waals surface area (Å²) in [6.07, 6.45) is 0. The van der Waals surface area contributed by atoms with E-state index in [1.807, 2.05) is 4.90 Å². The minimum Gasteiger partial charge on any atom is -0.384 e. The summed E-state index contributed by atoms with van der Waals surface area (Å²) < 4.78 is 5.09. The molecule has 1 saturated heterocycles. The number of hydrogen-bond donors (Lipinski definition) is 0. The summed E-state index contributed by atoms with van der Waals surface area (Å²) in [5.74, 6) is 1.11. The number of rotatable bonds is 3. The summed E-state index contributed by atoms with van der Waals surface area (Å²) >= 11 is 5.48. The van der Waals surface area contributed by atoms with Gasteiger partial charge in [0.1, 0.15) is 5.88 Å². The van der Waals surface area contributed by atoms with E-state index in [-0.39, 0.29) is 11.8 Å². The predicted octanol–water partition coefficient (Wildman–Crippen LogP) is 0.966. The molecule has 1 fully saturated rings. The molecular weight excluding hydrogens is 190 g/mol. The van der Waals surface area contributed by atoms with E-state index in [2.05, 4.69) is 6.92 Å². The zero-order valence-electron chi connectivity index (χ0n) is 8.12. The predicted molar refractivity (Wildman–Crippen MR) is 51.8 cm³/mol. The maximum absolute atomic E-state index is 11.3. The molecule has 76 valence electrons. The molecule has 0 radical (unpaired) electrons. The van der Waals surface area contributed by atoms with Crippen molar-refractivity contribution in [2.24, 2.45) is 11.8 Å². The molecule has 0 unspecified atom stereocenters. The van der Waals surface area contributed by atoms with Crippen LogP contribution in [-0.4, -0.2) is 43.5 Å².